The van der Waals surface area contributed by atoms with Crippen molar-refractivity contribution in [3.63, 3.8) is 0 Å². The molecule has 6 nitrogen and oxygen atoms in total. The van der Waals surface area contributed by atoms with Crippen LogP contribution in [0.2, 0.25) is 0 Å². The molecule has 2 heterocycles. The number of hydrogen-bond acceptors (Lipinski definition) is 5. The summed E-state index contributed by atoms with van der Waals surface area (Å²) in [5.74, 6) is 2.09. The smallest absolute Gasteiger partial charge is 0.244 e. The molecule has 25 heavy (non-hydrogen) atoms. The molecule has 6 heteroatoms. The third-order valence-corrected chi connectivity index (χ3v) is 4.19. The Morgan fingerprint density at radius 1 is 1.20 bits per heavy atom. The van der Waals surface area contributed by atoms with E-state index >= 15 is 0 Å². The summed E-state index contributed by atoms with van der Waals surface area (Å²) in [5, 5.41) is 3.97. The summed E-state index contributed by atoms with van der Waals surface area (Å²) in [6, 6.07) is 11.2. The first-order valence-electron chi connectivity index (χ1n) is 8.54. The van der Waals surface area contributed by atoms with Gasteiger partial charge in [-0.15, -0.1) is 0 Å². The second kappa shape index (κ2) is 8.37. The lowest BCUT2D eigenvalue weighted by atomic mass is 10.1. The number of hydrogen-bond donors (Lipinski definition) is 1. The van der Waals surface area contributed by atoms with Gasteiger partial charge in [-0.25, -0.2) is 5.43 Å². The maximum Gasteiger partial charge on any atom is 0.244 e. The molecule has 0 saturated carbocycles. The minimum atomic E-state index is -0.177. The van der Waals surface area contributed by atoms with E-state index in [1.807, 2.05) is 36.4 Å². The van der Waals surface area contributed by atoms with E-state index in [0.29, 0.717) is 5.76 Å². The number of furan rings is 1. The quantitative estimate of drug-likeness (QED) is 0.648. The molecule has 2 aromatic rings. The van der Waals surface area contributed by atoms with E-state index in [1.165, 1.54) is 25.5 Å². The lowest BCUT2D eigenvalue weighted by Gasteiger charge is -2.25. The molecular weight excluding hydrogens is 318 g/mol. The number of methoxy groups -OCH3 is 1. The predicted octanol–water partition coefficient (Wildman–Crippen LogP) is 2.97. The standard InChI is InChI=1S/C19H23N3O3/c1-24-16-7-5-15(6-8-16)13-18(23)21-20-14-17-9-10-19(25-17)22-11-3-2-4-12-22/h5-10,14H,2-4,11-13H2,1H3,(H,21,23)/b20-14-. The maximum absolute atomic E-state index is 11.9. The van der Waals surface area contributed by atoms with Crippen LogP contribution in [0.3, 0.4) is 0 Å². The second-order valence-corrected chi connectivity index (χ2v) is 6.04. The molecule has 0 spiro atoms. The molecule has 3 rings (SSSR count). The Kier molecular flexibility index (Phi) is 5.72. The van der Waals surface area contributed by atoms with E-state index in [0.717, 1.165) is 30.3 Å². The molecule has 1 aromatic heterocycles. The van der Waals surface area contributed by atoms with E-state index in [2.05, 4.69) is 15.4 Å². The third kappa shape index (κ3) is 4.86. The van der Waals surface area contributed by atoms with Crippen LogP contribution in [0.15, 0.2) is 45.9 Å². The fraction of sp³-hybridized carbons (Fsp3) is 0.368. The molecule has 1 aliphatic heterocycles. The average molecular weight is 341 g/mol. The van der Waals surface area contributed by atoms with Crippen molar-refractivity contribution in [2.45, 2.75) is 25.7 Å². The van der Waals surface area contributed by atoms with E-state index in [9.17, 15) is 4.79 Å². The molecule has 1 saturated heterocycles. The number of amides is 1. The molecule has 1 amide bonds. The third-order valence-electron chi connectivity index (χ3n) is 4.19. The Balaban J connectivity index is 1.48. The number of anilines is 1. The summed E-state index contributed by atoms with van der Waals surface area (Å²) >= 11 is 0. The van der Waals surface area contributed by atoms with Gasteiger partial charge < -0.3 is 14.1 Å². The highest BCUT2D eigenvalue weighted by atomic mass is 16.5. The Morgan fingerprint density at radius 3 is 2.68 bits per heavy atom. The van der Waals surface area contributed by atoms with Crippen LogP contribution in [-0.2, 0) is 11.2 Å². The number of rotatable bonds is 6. The van der Waals surface area contributed by atoms with E-state index in [-0.39, 0.29) is 12.3 Å². The minimum absolute atomic E-state index is 0.177. The number of carbonyl (C=O) groups excluding carboxylic acids is 1. The van der Waals surface area contributed by atoms with Crippen molar-refractivity contribution >= 4 is 18.0 Å². The molecule has 1 N–H and O–H groups in total. The summed E-state index contributed by atoms with van der Waals surface area (Å²) in [6.07, 6.45) is 5.47. The van der Waals surface area contributed by atoms with Gasteiger partial charge in [-0.3, -0.25) is 4.79 Å². The van der Waals surface area contributed by atoms with Crippen molar-refractivity contribution in [3.05, 3.63) is 47.7 Å². The van der Waals surface area contributed by atoms with Crippen LogP contribution in [0.4, 0.5) is 5.88 Å². The van der Waals surface area contributed by atoms with Crippen LogP contribution in [0.5, 0.6) is 5.75 Å². The summed E-state index contributed by atoms with van der Waals surface area (Å²) < 4.78 is 10.9. The van der Waals surface area contributed by atoms with E-state index < -0.39 is 0 Å². The number of nitrogens with one attached hydrogen (secondary N) is 1. The fourth-order valence-corrected chi connectivity index (χ4v) is 2.83. The molecule has 1 aromatic carbocycles. The second-order valence-electron chi connectivity index (χ2n) is 6.04. The number of hydrazone groups is 1. The highest BCUT2D eigenvalue weighted by Crippen LogP contribution is 2.21. The van der Waals surface area contributed by atoms with Crippen molar-refractivity contribution in [2.75, 3.05) is 25.1 Å². The molecule has 0 aliphatic carbocycles. The Morgan fingerprint density at radius 2 is 1.96 bits per heavy atom. The van der Waals surface area contributed by atoms with Gasteiger partial charge in [0.15, 0.2) is 5.88 Å². The van der Waals surface area contributed by atoms with Gasteiger partial charge in [0, 0.05) is 19.2 Å². The Hall–Kier alpha value is -2.76. The molecule has 0 unspecified atom stereocenters. The number of carbonyl (C=O) groups is 1. The molecule has 1 aliphatic rings. The maximum atomic E-state index is 11.9. The normalized spacial score (nSPS) is 14.7. The SMILES string of the molecule is COc1ccc(CC(=O)N/N=C\c2ccc(N3CCCCC3)o2)cc1. The highest BCUT2D eigenvalue weighted by Gasteiger charge is 2.13. The first kappa shape index (κ1) is 17.1. The van der Waals surface area contributed by atoms with Gasteiger partial charge >= 0.3 is 0 Å². The van der Waals surface area contributed by atoms with Gasteiger partial charge in [-0.05, 0) is 43.0 Å². The minimum Gasteiger partial charge on any atom is -0.497 e. The van der Waals surface area contributed by atoms with E-state index in [1.54, 1.807) is 7.11 Å². The first-order valence-corrected chi connectivity index (χ1v) is 8.54. The fourth-order valence-electron chi connectivity index (χ4n) is 2.83. The lowest BCUT2D eigenvalue weighted by molar-refractivity contribution is -0.120. The zero-order valence-corrected chi connectivity index (χ0v) is 14.4. The molecule has 0 radical (unpaired) electrons. The summed E-state index contributed by atoms with van der Waals surface area (Å²) in [4.78, 5) is 14.2. The summed E-state index contributed by atoms with van der Waals surface area (Å²) in [7, 11) is 1.61. The predicted molar refractivity (Wildman–Crippen MR) is 97.2 cm³/mol. The molecule has 0 bridgehead atoms. The molecule has 132 valence electrons. The largest absolute Gasteiger partial charge is 0.497 e. The van der Waals surface area contributed by atoms with Crippen LogP contribution < -0.4 is 15.1 Å². The van der Waals surface area contributed by atoms with Crippen molar-refractivity contribution in [3.8, 4) is 5.75 Å². The summed E-state index contributed by atoms with van der Waals surface area (Å²) in [6.45, 7) is 2.06. The lowest BCUT2D eigenvalue weighted by Crippen LogP contribution is -2.28. The van der Waals surface area contributed by atoms with E-state index in [4.69, 9.17) is 9.15 Å². The van der Waals surface area contributed by atoms with Crippen molar-refractivity contribution < 1.29 is 13.9 Å². The van der Waals surface area contributed by atoms with Gasteiger partial charge in [0.2, 0.25) is 5.91 Å². The van der Waals surface area contributed by atoms with Gasteiger partial charge in [-0.2, -0.15) is 5.10 Å². The Labute approximate surface area is 147 Å². The van der Waals surface area contributed by atoms with Crippen LogP contribution >= 0.6 is 0 Å². The van der Waals surface area contributed by atoms with Crippen molar-refractivity contribution in [1.82, 2.24) is 5.43 Å². The highest BCUT2D eigenvalue weighted by molar-refractivity contribution is 5.82. The molecule has 1 fully saturated rings. The van der Waals surface area contributed by atoms with Gasteiger partial charge in [0.05, 0.1) is 19.7 Å². The first-order chi connectivity index (χ1) is 12.2. The van der Waals surface area contributed by atoms with Crippen molar-refractivity contribution in [2.24, 2.45) is 5.10 Å². The topological polar surface area (TPSA) is 67.1 Å². The number of ether oxygens (including phenoxy) is 1. The number of nitrogens with zero attached hydrogens (tertiary/aromatic N) is 2. The zero-order valence-electron chi connectivity index (χ0n) is 14.4. The molecule has 0 atom stereocenters. The molecular formula is C19H23N3O3. The van der Waals surface area contributed by atoms with Gasteiger partial charge in [0.25, 0.3) is 0 Å². The number of piperidine rings is 1. The monoisotopic (exact) mass is 341 g/mol. The van der Waals surface area contributed by atoms with Crippen LogP contribution in [-0.4, -0.2) is 32.3 Å². The van der Waals surface area contributed by atoms with Crippen molar-refractivity contribution in [1.29, 1.82) is 0 Å². The van der Waals surface area contributed by atoms with Crippen LogP contribution in [0.1, 0.15) is 30.6 Å². The van der Waals surface area contributed by atoms with Crippen LogP contribution in [0.25, 0.3) is 0 Å². The zero-order chi connectivity index (χ0) is 17.5. The summed E-state index contributed by atoms with van der Waals surface area (Å²) in [5.41, 5.74) is 3.42. The van der Waals surface area contributed by atoms with Gasteiger partial charge in [-0.1, -0.05) is 12.1 Å². The average Bonchev–Trinajstić information content (AvgIpc) is 3.12. The van der Waals surface area contributed by atoms with Crippen LogP contribution in [0, 0.1) is 0 Å². The Bertz CT molecular complexity index is 716. The van der Waals surface area contributed by atoms with Gasteiger partial charge in [0.1, 0.15) is 11.5 Å². The number of benzene rings is 1.